The standard InChI is InChI=1S/C7H14N2O2S/c1-6(10)9-4-5-12-7(11)2-3-8/h2-5,8H2,1H3,(H,9,10). The third-order valence-electron chi connectivity index (χ3n) is 1.09. The first-order valence-electron chi connectivity index (χ1n) is 3.77. The molecule has 0 aromatic heterocycles. The normalized spacial score (nSPS) is 9.50. The molecule has 0 aromatic carbocycles. The van der Waals surface area contributed by atoms with Crippen molar-refractivity contribution in [2.75, 3.05) is 18.8 Å². The molecule has 0 rings (SSSR count). The monoisotopic (exact) mass is 190 g/mol. The van der Waals surface area contributed by atoms with Crippen LogP contribution >= 0.6 is 11.8 Å². The van der Waals surface area contributed by atoms with Crippen LogP contribution in [0, 0.1) is 0 Å². The van der Waals surface area contributed by atoms with Crippen LogP contribution in [0.3, 0.4) is 0 Å². The Morgan fingerprint density at radius 3 is 2.67 bits per heavy atom. The Labute approximate surface area is 76.3 Å². The van der Waals surface area contributed by atoms with Gasteiger partial charge in [-0.15, -0.1) is 0 Å². The van der Waals surface area contributed by atoms with Gasteiger partial charge < -0.3 is 11.1 Å². The maximum absolute atomic E-state index is 10.9. The van der Waals surface area contributed by atoms with Gasteiger partial charge in [0.1, 0.15) is 0 Å². The molecule has 0 saturated carbocycles. The Balaban J connectivity index is 3.19. The summed E-state index contributed by atoms with van der Waals surface area (Å²) in [6, 6.07) is 0. The van der Waals surface area contributed by atoms with Crippen LogP contribution in [-0.4, -0.2) is 29.9 Å². The number of hydrogen-bond donors (Lipinski definition) is 2. The highest BCUT2D eigenvalue weighted by Gasteiger charge is 2.00. The van der Waals surface area contributed by atoms with Crippen molar-refractivity contribution in [3.63, 3.8) is 0 Å². The fraction of sp³-hybridized carbons (Fsp3) is 0.714. The van der Waals surface area contributed by atoms with E-state index in [-0.39, 0.29) is 11.0 Å². The minimum atomic E-state index is -0.0677. The van der Waals surface area contributed by atoms with Crippen molar-refractivity contribution in [2.45, 2.75) is 13.3 Å². The van der Waals surface area contributed by atoms with Crippen molar-refractivity contribution in [1.29, 1.82) is 0 Å². The summed E-state index contributed by atoms with van der Waals surface area (Å²) in [4.78, 5) is 21.2. The lowest BCUT2D eigenvalue weighted by Crippen LogP contribution is -2.22. The van der Waals surface area contributed by atoms with Gasteiger partial charge in [-0.2, -0.15) is 0 Å². The number of rotatable bonds is 5. The second-order valence-corrected chi connectivity index (χ2v) is 3.39. The van der Waals surface area contributed by atoms with Gasteiger partial charge in [-0.3, -0.25) is 9.59 Å². The van der Waals surface area contributed by atoms with E-state index in [1.54, 1.807) is 0 Å². The predicted molar refractivity (Wildman–Crippen MR) is 49.8 cm³/mol. The number of thioether (sulfide) groups is 1. The Morgan fingerprint density at radius 1 is 1.50 bits per heavy atom. The van der Waals surface area contributed by atoms with E-state index in [1.807, 2.05) is 0 Å². The van der Waals surface area contributed by atoms with Crippen molar-refractivity contribution in [2.24, 2.45) is 5.73 Å². The minimum Gasteiger partial charge on any atom is -0.356 e. The van der Waals surface area contributed by atoms with Crippen LogP contribution in [0.5, 0.6) is 0 Å². The molecule has 0 saturated heterocycles. The SMILES string of the molecule is CC(=O)NCCSC(=O)CCN. The molecule has 0 heterocycles. The van der Waals surface area contributed by atoms with Crippen LogP contribution in [0.1, 0.15) is 13.3 Å². The molecule has 0 aliphatic heterocycles. The van der Waals surface area contributed by atoms with E-state index in [9.17, 15) is 9.59 Å². The first-order chi connectivity index (χ1) is 5.66. The average Bonchev–Trinajstić information content (AvgIpc) is 1.98. The van der Waals surface area contributed by atoms with Gasteiger partial charge in [-0.25, -0.2) is 0 Å². The van der Waals surface area contributed by atoms with E-state index in [0.29, 0.717) is 25.3 Å². The van der Waals surface area contributed by atoms with E-state index in [4.69, 9.17) is 5.73 Å². The zero-order chi connectivity index (χ0) is 9.40. The quantitative estimate of drug-likeness (QED) is 0.585. The van der Waals surface area contributed by atoms with Gasteiger partial charge in [-0.05, 0) is 0 Å². The number of carbonyl (C=O) groups is 2. The number of nitrogens with two attached hydrogens (primary N) is 1. The molecule has 5 heteroatoms. The fourth-order valence-electron chi connectivity index (χ4n) is 0.582. The summed E-state index contributed by atoms with van der Waals surface area (Å²) in [5, 5.41) is 2.69. The molecule has 0 aliphatic rings. The van der Waals surface area contributed by atoms with E-state index >= 15 is 0 Å². The molecule has 12 heavy (non-hydrogen) atoms. The van der Waals surface area contributed by atoms with E-state index < -0.39 is 0 Å². The Kier molecular flexibility index (Phi) is 6.79. The summed E-state index contributed by atoms with van der Waals surface area (Å²) in [5.41, 5.74) is 5.18. The summed E-state index contributed by atoms with van der Waals surface area (Å²) < 4.78 is 0. The first kappa shape index (κ1) is 11.4. The largest absolute Gasteiger partial charge is 0.356 e. The number of carbonyl (C=O) groups excluding carboxylic acids is 2. The molecular weight excluding hydrogens is 176 g/mol. The van der Waals surface area contributed by atoms with Crippen LogP contribution in [0.4, 0.5) is 0 Å². The van der Waals surface area contributed by atoms with Crippen LogP contribution in [-0.2, 0) is 9.59 Å². The first-order valence-corrected chi connectivity index (χ1v) is 4.75. The average molecular weight is 190 g/mol. The van der Waals surface area contributed by atoms with Crippen molar-refractivity contribution in [1.82, 2.24) is 5.32 Å². The lowest BCUT2D eigenvalue weighted by Gasteiger charge is -2.00. The molecule has 3 N–H and O–H groups in total. The van der Waals surface area contributed by atoms with E-state index in [0.717, 1.165) is 0 Å². The highest BCUT2D eigenvalue weighted by atomic mass is 32.2. The Hall–Kier alpha value is -0.550. The van der Waals surface area contributed by atoms with Gasteiger partial charge in [0.2, 0.25) is 5.91 Å². The summed E-state index contributed by atoms with van der Waals surface area (Å²) in [7, 11) is 0. The number of hydrogen-bond acceptors (Lipinski definition) is 4. The summed E-state index contributed by atoms with van der Waals surface area (Å²) in [5.74, 6) is 0.556. The van der Waals surface area contributed by atoms with Crippen molar-refractivity contribution in [3.05, 3.63) is 0 Å². The van der Waals surface area contributed by atoms with Gasteiger partial charge in [0.05, 0.1) is 0 Å². The van der Waals surface area contributed by atoms with Gasteiger partial charge in [0, 0.05) is 32.2 Å². The van der Waals surface area contributed by atoms with Crippen molar-refractivity contribution >= 4 is 22.8 Å². The topological polar surface area (TPSA) is 72.2 Å². The number of nitrogens with one attached hydrogen (secondary N) is 1. The predicted octanol–water partition coefficient (Wildman–Crippen LogP) is -0.269. The highest BCUT2D eigenvalue weighted by Crippen LogP contribution is 2.02. The Morgan fingerprint density at radius 2 is 2.17 bits per heavy atom. The van der Waals surface area contributed by atoms with Crippen molar-refractivity contribution in [3.8, 4) is 0 Å². The molecular formula is C7H14N2O2S. The summed E-state index contributed by atoms with van der Waals surface area (Å²) >= 11 is 1.21. The molecule has 1 amide bonds. The maximum Gasteiger partial charge on any atom is 0.216 e. The zero-order valence-corrected chi connectivity index (χ0v) is 7.95. The van der Waals surface area contributed by atoms with Crippen LogP contribution in [0.25, 0.3) is 0 Å². The third kappa shape index (κ3) is 7.56. The molecule has 0 fully saturated rings. The van der Waals surface area contributed by atoms with Crippen LogP contribution in [0.2, 0.25) is 0 Å². The van der Waals surface area contributed by atoms with Gasteiger partial charge in [0.15, 0.2) is 5.12 Å². The zero-order valence-electron chi connectivity index (χ0n) is 7.13. The molecule has 0 spiro atoms. The van der Waals surface area contributed by atoms with Crippen LogP contribution in [0.15, 0.2) is 0 Å². The summed E-state index contributed by atoms with van der Waals surface area (Å²) in [6.07, 6.45) is 0.407. The van der Waals surface area contributed by atoms with E-state index in [2.05, 4.69) is 5.32 Å². The Bertz CT molecular complexity index is 161. The molecule has 0 unspecified atom stereocenters. The summed E-state index contributed by atoms with van der Waals surface area (Å²) in [6.45, 7) is 2.38. The van der Waals surface area contributed by atoms with Gasteiger partial charge >= 0.3 is 0 Å². The lowest BCUT2D eigenvalue weighted by molar-refractivity contribution is -0.118. The van der Waals surface area contributed by atoms with Gasteiger partial charge in [0.25, 0.3) is 0 Å². The molecule has 0 aliphatic carbocycles. The van der Waals surface area contributed by atoms with Gasteiger partial charge in [-0.1, -0.05) is 11.8 Å². The smallest absolute Gasteiger partial charge is 0.216 e. The van der Waals surface area contributed by atoms with Crippen LogP contribution < -0.4 is 11.1 Å². The van der Waals surface area contributed by atoms with E-state index in [1.165, 1.54) is 18.7 Å². The molecule has 0 atom stereocenters. The third-order valence-corrected chi connectivity index (χ3v) is 2.02. The molecule has 0 radical (unpaired) electrons. The van der Waals surface area contributed by atoms with Crippen molar-refractivity contribution < 1.29 is 9.59 Å². The molecule has 4 nitrogen and oxygen atoms in total. The highest BCUT2D eigenvalue weighted by molar-refractivity contribution is 8.13. The second-order valence-electron chi connectivity index (χ2n) is 2.24. The lowest BCUT2D eigenvalue weighted by atomic mass is 10.5. The molecule has 70 valence electrons. The maximum atomic E-state index is 10.9. The molecule has 0 bridgehead atoms. The fourth-order valence-corrected chi connectivity index (χ4v) is 1.28. The number of amides is 1. The second kappa shape index (κ2) is 7.12. The molecule has 0 aromatic rings. The minimum absolute atomic E-state index is 0.0677.